The third kappa shape index (κ3) is 13.0. The van der Waals surface area contributed by atoms with E-state index in [1.165, 1.54) is 36.8 Å². The second-order valence-electron chi connectivity index (χ2n) is 13.1. The first-order valence-electron chi connectivity index (χ1n) is 17.3. The SMILES string of the molecule is C.CCOC(=O)N(C)CC(c1ccc(OC)cc1)C1(OC)CCCCC1.COc1ccc(C(CN(C)CO)C2(OC)CCCCC2)cc1.[AlH2].[Li]. The van der Waals surface area contributed by atoms with E-state index in [1.54, 1.807) is 33.3 Å². The molecule has 2 radical (unpaired) electrons. The van der Waals surface area contributed by atoms with Crippen molar-refractivity contribution < 1.29 is 33.6 Å². The fourth-order valence-corrected chi connectivity index (χ4v) is 7.47. The van der Waals surface area contributed by atoms with Gasteiger partial charge in [-0.3, -0.25) is 4.90 Å². The van der Waals surface area contributed by atoms with Crippen LogP contribution >= 0.6 is 0 Å². The molecule has 0 saturated heterocycles. The van der Waals surface area contributed by atoms with Gasteiger partial charge in [0.15, 0.2) is 0 Å². The van der Waals surface area contributed by atoms with Crippen LogP contribution in [0, 0.1) is 0 Å². The number of likely N-dealkylation sites (N-methyl/N-ethyl adjacent to an activating group) is 2. The second-order valence-corrected chi connectivity index (χ2v) is 13.1. The Kier molecular flexibility index (Phi) is 23.7. The minimum Gasteiger partial charge on any atom is -0.497 e. The van der Waals surface area contributed by atoms with Crippen molar-refractivity contribution in [2.24, 2.45) is 0 Å². The number of ether oxygens (including phenoxy) is 5. The molecule has 2 unspecified atom stereocenters. The maximum Gasteiger partial charge on any atom is 0.409 e. The van der Waals surface area contributed by atoms with Crippen molar-refractivity contribution in [1.29, 1.82) is 0 Å². The molecule has 11 heteroatoms. The van der Waals surface area contributed by atoms with Gasteiger partial charge in [0.05, 0.1) is 38.8 Å². The summed E-state index contributed by atoms with van der Waals surface area (Å²) >= 11 is 0. The van der Waals surface area contributed by atoms with Crippen molar-refractivity contribution in [2.45, 2.75) is 102 Å². The van der Waals surface area contributed by atoms with Crippen LogP contribution in [0.4, 0.5) is 4.79 Å². The van der Waals surface area contributed by atoms with Gasteiger partial charge in [-0.15, -0.1) is 0 Å². The largest absolute Gasteiger partial charge is 0.497 e. The van der Waals surface area contributed by atoms with Crippen molar-refractivity contribution in [3.05, 3.63) is 59.7 Å². The number of carbonyl (C=O) groups excluding carboxylic acids is 1. The van der Waals surface area contributed by atoms with E-state index in [2.05, 4.69) is 24.3 Å². The molecule has 50 heavy (non-hydrogen) atoms. The van der Waals surface area contributed by atoms with Crippen LogP contribution in [0.15, 0.2) is 48.5 Å². The normalized spacial score (nSPS) is 17.2. The van der Waals surface area contributed by atoms with Crippen LogP contribution in [0.2, 0.25) is 0 Å². The topological polar surface area (TPSA) is 89.9 Å². The van der Waals surface area contributed by atoms with Crippen LogP contribution < -0.4 is 9.47 Å². The van der Waals surface area contributed by atoms with Crippen LogP contribution in [0.3, 0.4) is 0 Å². The van der Waals surface area contributed by atoms with E-state index in [0.29, 0.717) is 13.2 Å². The Balaban J connectivity index is 0.000000912. The summed E-state index contributed by atoms with van der Waals surface area (Å²) in [5.74, 6) is 2.04. The molecule has 2 fully saturated rings. The zero-order valence-corrected chi connectivity index (χ0v) is 34.0. The number of amides is 1. The predicted molar refractivity (Wildman–Crippen MR) is 208 cm³/mol. The van der Waals surface area contributed by atoms with E-state index < -0.39 is 0 Å². The summed E-state index contributed by atoms with van der Waals surface area (Å²) in [6.07, 6.45) is 11.2. The maximum atomic E-state index is 12.1. The van der Waals surface area contributed by atoms with Crippen LogP contribution in [0.1, 0.15) is 102 Å². The molecular weight excluding hydrogens is 642 g/mol. The summed E-state index contributed by atoms with van der Waals surface area (Å²) in [4.78, 5) is 15.7. The quantitative estimate of drug-likeness (QED) is 0.174. The van der Waals surface area contributed by atoms with Crippen molar-refractivity contribution in [1.82, 2.24) is 9.80 Å². The number of carbonyl (C=O) groups is 1. The number of aliphatic hydroxyl groups is 1. The fourth-order valence-electron chi connectivity index (χ4n) is 7.47. The predicted octanol–water partition coefficient (Wildman–Crippen LogP) is 6.57. The van der Waals surface area contributed by atoms with Gasteiger partial charge < -0.3 is 33.7 Å². The van der Waals surface area contributed by atoms with E-state index in [9.17, 15) is 9.90 Å². The van der Waals surface area contributed by atoms with Gasteiger partial charge >= 0.3 is 6.09 Å². The number of hydrogen-bond donors (Lipinski definition) is 1. The zero-order chi connectivity index (χ0) is 34.3. The van der Waals surface area contributed by atoms with Gasteiger partial charge in [0.2, 0.25) is 0 Å². The molecule has 0 spiro atoms. The molecule has 0 aromatic heterocycles. The molecule has 0 bridgehead atoms. The minimum absolute atomic E-state index is 0. The summed E-state index contributed by atoms with van der Waals surface area (Å²) in [6, 6.07) is 16.4. The van der Waals surface area contributed by atoms with Crippen molar-refractivity contribution in [3.63, 3.8) is 0 Å². The minimum atomic E-state index is -0.289. The van der Waals surface area contributed by atoms with Crippen molar-refractivity contribution >= 4 is 42.3 Å². The van der Waals surface area contributed by atoms with Crippen molar-refractivity contribution in [3.8, 4) is 11.5 Å². The summed E-state index contributed by atoms with van der Waals surface area (Å²) in [6.45, 7) is 3.62. The number of aliphatic hydroxyl groups excluding tert-OH is 1. The first kappa shape index (κ1) is 48.3. The van der Waals surface area contributed by atoms with E-state index in [1.807, 2.05) is 50.2 Å². The molecule has 2 aliphatic rings. The average molecular weight is 709 g/mol. The third-order valence-electron chi connectivity index (χ3n) is 10.3. The molecule has 2 aliphatic carbocycles. The Morgan fingerprint density at radius 3 is 1.42 bits per heavy atom. The molecule has 278 valence electrons. The van der Waals surface area contributed by atoms with Gasteiger partial charge in [0, 0.05) is 65.1 Å². The maximum absolute atomic E-state index is 12.1. The molecule has 2 aromatic carbocycles. The van der Waals surface area contributed by atoms with Gasteiger partial charge in [0.1, 0.15) is 28.9 Å². The Morgan fingerprint density at radius 1 is 0.720 bits per heavy atom. The molecule has 1 N–H and O–H groups in total. The Morgan fingerprint density at radius 2 is 1.10 bits per heavy atom. The zero-order valence-electron chi connectivity index (χ0n) is 32.0. The number of nitrogens with zero attached hydrogens (tertiary/aromatic N) is 2. The number of rotatable bonds is 14. The van der Waals surface area contributed by atoms with Crippen molar-refractivity contribution in [2.75, 3.05) is 69.0 Å². The molecule has 1 amide bonds. The molecule has 2 aromatic rings. The van der Waals surface area contributed by atoms with Gasteiger partial charge in [-0.2, -0.15) is 0 Å². The van der Waals surface area contributed by atoms with Gasteiger partial charge in [-0.05, 0) is 75.0 Å². The van der Waals surface area contributed by atoms with E-state index in [-0.39, 0.29) is 79.5 Å². The molecule has 0 aliphatic heterocycles. The van der Waals surface area contributed by atoms with E-state index in [4.69, 9.17) is 23.7 Å². The van der Waals surface area contributed by atoms with Crippen LogP contribution in [0.25, 0.3) is 0 Å². The summed E-state index contributed by atoms with van der Waals surface area (Å²) in [5.41, 5.74) is 2.05. The monoisotopic (exact) mass is 708 g/mol. The summed E-state index contributed by atoms with van der Waals surface area (Å²) in [5, 5.41) is 9.43. The van der Waals surface area contributed by atoms with Crippen LogP contribution in [-0.4, -0.2) is 137 Å². The van der Waals surface area contributed by atoms with E-state index >= 15 is 0 Å². The Bertz CT molecular complexity index is 1180. The first-order chi connectivity index (χ1) is 22.7. The Hall–Kier alpha value is -1.72. The molecule has 2 atom stereocenters. The number of benzene rings is 2. The van der Waals surface area contributed by atoms with Gasteiger partial charge in [-0.25, -0.2) is 4.79 Å². The second kappa shape index (κ2) is 24.5. The van der Waals surface area contributed by atoms with Crippen LogP contribution in [-0.2, 0) is 14.2 Å². The molecular formula is C39H66AlLiN2O7. The van der Waals surface area contributed by atoms with E-state index in [0.717, 1.165) is 56.6 Å². The summed E-state index contributed by atoms with van der Waals surface area (Å²) < 4.78 is 27.8. The third-order valence-corrected chi connectivity index (χ3v) is 10.3. The number of hydrogen-bond acceptors (Lipinski definition) is 8. The van der Waals surface area contributed by atoms with Crippen LogP contribution in [0.5, 0.6) is 11.5 Å². The Labute approximate surface area is 326 Å². The molecule has 4 rings (SSSR count). The fraction of sp³-hybridized carbons (Fsp3) is 0.667. The molecule has 0 heterocycles. The first-order valence-corrected chi connectivity index (χ1v) is 17.3. The number of methoxy groups -OCH3 is 4. The van der Waals surface area contributed by atoms with Gasteiger partial charge in [-0.1, -0.05) is 70.2 Å². The smallest absolute Gasteiger partial charge is 0.409 e. The molecule has 9 nitrogen and oxygen atoms in total. The molecule has 2 saturated carbocycles. The average Bonchev–Trinajstić information content (AvgIpc) is 3.13. The standard InChI is InChI=1S/C20H31NO4.C18H29NO3.CH4.Al.Li.2H/c1-5-25-19(22)21(2)15-18(16-9-11-17(23-3)12-10-16)20(24-4)13-7-6-8-14-20;1-19(14-20)13-17(15-7-9-16(21-2)10-8-15)18(22-3)11-5-4-6-12-18;;;;;/h9-12,18H,5-8,13-15H2,1-4H3;7-10,17,20H,4-6,11-14H2,1-3H3;1H4;;;;. The summed E-state index contributed by atoms with van der Waals surface area (Å²) in [7, 11) is 10.7. The van der Waals surface area contributed by atoms with Gasteiger partial charge in [0.25, 0.3) is 0 Å².